The zero-order valence-corrected chi connectivity index (χ0v) is 18.5. The molecule has 1 heterocycles. The number of Topliss-reactive ketones (excluding diaryl/α,β-unsaturated/α-hetero) is 1. The molecule has 0 saturated carbocycles. The van der Waals surface area contributed by atoms with Crippen LogP contribution in [0.1, 0.15) is 28.3 Å². The van der Waals surface area contributed by atoms with Crippen LogP contribution >= 0.6 is 11.6 Å². The van der Waals surface area contributed by atoms with Gasteiger partial charge in [-0.1, -0.05) is 65.7 Å². The van der Waals surface area contributed by atoms with Gasteiger partial charge in [0.1, 0.15) is 11.5 Å². The van der Waals surface area contributed by atoms with Crippen LogP contribution in [0.2, 0.25) is 5.02 Å². The maximum Gasteiger partial charge on any atom is 0.295 e. The van der Waals surface area contributed by atoms with E-state index in [9.17, 15) is 14.7 Å². The topological polar surface area (TPSA) is 66.8 Å². The van der Waals surface area contributed by atoms with E-state index in [1.54, 1.807) is 55.6 Å². The zero-order valence-electron chi connectivity index (χ0n) is 17.7. The number of nitrogens with zero attached hydrogens (tertiary/aromatic N) is 1. The van der Waals surface area contributed by atoms with Gasteiger partial charge in [-0.2, -0.15) is 0 Å². The molecule has 1 atom stereocenters. The molecule has 3 aromatic carbocycles. The third-order valence-electron chi connectivity index (χ3n) is 5.56. The molecule has 1 N–H and O–H groups in total. The van der Waals surface area contributed by atoms with Crippen molar-refractivity contribution < 1.29 is 19.4 Å². The number of aliphatic hydroxyl groups excluding tert-OH is 1. The van der Waals surface area contributed by atoms with Gasteiger partial charge in [0.15, 0.2) is 0 Å². The minimum absolute atomic E-state index is 0.0645. The van der Waals surface area contributed by atoms with Crippen LogP contribution in [-0.2, 0) is 16.1 Å². The molecule has 0 aromatic heterocycles. The van der Waals surface area contributed by atoms with Crippen molar-refractivity contribution in [1.29, 1.82) is 0 Å². The van der Waals surface area contributed by atoms with Crippen LogP contribution in [0, 0.1) is 6.92 Å². The fourth-order valence-corrected chi connectivity index (χ4v) is 3.96. The summed E-state index contributed by atoms with van der Waals surface area (Å²) in [6.45, 7) is 2.14. The van der Waals surface area contributed by atoms with Gasteiger partial charge < -0.3 is 14.7 Å². The molecule has 4 rings (SSSR count). The molecule has 3 aromatic rings. The Balaban J connectivity index is 1.82. The number of methoxy groups -OCH3 is 1. The molecule has 1 amide bonds. The molecule has 0 radical (unpaired) electrons. The summed E-state index contributed by atoms with van der Waals surface area (Å²) in [5.74, 6) is -0.865. The molecule has 32 heavy (non-hydrogen) atoms. The minimum atomic E-state index is -0.740. The van der Waals surface area contributed by atoms with Gasteiger partial charge in [-0.05, 0) is 42.3 Å². The Hall–Kier alpha value is -3.57. The van der Waals surface area contributed by atoms with E-state index in [1.807, 2.05) is 31.2 Å². The summed E-state index contributed by atoms with van der Waals surface area (Å²) in [6, 6.07) is 20.7. The minimum Gasteiger partial charge on any atom is -0.507 e. The quantitative estimate of drug-likeness (QED) is 0.328. The maximum absolute atomic E-state index is 13.1. The number of ether oxygens (including phenoxy) is 1. The standard InChI is InChI=1S/C26H22ClNO4/c1-16-3-7-19(8-4-16)24(29)22-23(18-9-11-20(27)12-10-18)28(26(31)25(22)30)15-17-5-13-21(32-2)14-6-17/h3-14,23,29H,15H2,1-2H3/b24-22-. The average Bonchev–Trinajstić information content (AvgIpc) is 3.05. The van der Waals surface area contributed by atoms with E-state index in [2.05, 4.69) is 0 Å². The number of hydrogen-bond donors (Lipinski definition) is 1. The van der Waals surface area contributed by atoms with Crippen molar-refractivity contribution in [3.05, 3.63) is 106 Å². The van der Waals surface area contributed by atoms with Crippen LogP contribution < -0.4 is 4.74 Å². The lowest BCUT2D eigenvalue weighted by molar-refractivity contribution is -0.140. The Bertz CT molecular complexity index is 1180. The monoisotopic (exact) mass is 447 g/mol. The van der Waals surface area contributed by atoms with Gasteiger partial charge in [-0.25, -0.2) is 0 Å². The smallest absolute Gasteiger partial charge is 0.295 e. The van der Waals surface area contributed by atoms with Gasteiger partial charge in [0.2, 0.25) is 0 Å². The van der Waals surface area contributed by atoms with Gasteiger partial charge >= 0.3 is 0 Å². The van der Waals surface area contributed by atoms with Gasteiger partial charge in [-0.3, -0.25) is 9.59 Å². The Kier molecular flexibility index (Phi) is 6.01. The normalized spacial score (nSPS) is 17.6. The van der Waals surface area contributed by atoms with Crippen LogP contribution in [-0.4, -0.2) is 28.8 Å². The predicted molar refractivity (Wildman–Crippen MR) is 123 cm³/mol. The number of halogens is 1. The van der Waals surface area contributed by atoms with Crippen molar-refractivity contribution >= 4 is 29.1 Å². The molecular formula is C26H22ClNO4. The summed E-state index contributed by atoms with van der Waals surface area (Å²) in [5, 5.41) is 11.6. The number of ketones is 1. The highest BCUT2D eigenvalue weighted by Gasteiger charge is 2.46. The molecule has 162 valence electrons. The zero-order chi connectivity index (χ0) is 22.8. The van der Waals surface area contributed by atoms with E-state index in [1.165, 1.54) is 4.90 Å². The maximum atomic E-state index is 13.1. The second-order valence-corrected chi connectivity index (χ2v) is 8.13. The van der Waals surface area contributed by atoms with Crippen molar-refractivity contribution in [2.45, 2.75) is 19.5 Å². The summed E-state index contributed by atoms with van der Waals surface area (Å²) in [6.07, 6.45) is 0. The van der Waals surface area contributed by atoms with Crippen LogP contribution in [0.3, 0.4) is 0 Å². The fourth-order valence-electron chi connectivity index (χ4n) is 3.83. The molecule has 6 heteroatoms. The van der Waals surface area contributed by atoms with E-state index in [0.717, 1.165) is 11.1 Å². The van der Waals surface area contributed by atoms with Crippen molar-refractivity contribution in [3.8, 4) is 5.75 Å². The Morgan fingerprint density at radius 2 is 1.59 bits per heavy atom. The van der Waals surface area contributed by atoms with E-state index >= 15 is 0 Å². The summed E-state index contributed by atoms with van der Waals surface area (Å²) in [4.78, 5) is 27.6. The van der Waals surface area contributed by atoms with Crippen LogP contribution in [0.5, 0.6) is 5.75 Å². The number of carbonyl (C=O) groups excluding carboxylic acids is 2. The number of hydrogen-bond acceptors (Lipinski definition) is 4. The van der Waals surface area contributed by atoms with Crippen LogP contribution in [0.4, 0.5) is 0 Å². The number of amides is 1. The Morgan fingerprint density at radius 3 is 2.19 bits per heavy atom. The Morgan fingerprint density at radius 1 is 0.969 bits per heavy atom. The molecule has 0 spiro atoms. The van der Waals surface area contributed by atoms with Crippen LogP contribution in [0.15, 0.2) is 78.4 Å². The third-order valence-corrected chi connectivity index (χ3v) is 5.81. The van der Waals surface area contributed by atoms with E-state index in [0.29, 0.717) is 21.9 Å². The summed E-state index contributed by atoms with van der Waals surface area (Å²) >= 11 is 6.06. The number of carbonyl (C=O) groups is 2. The number of rotatable bonds is 5. The largest absolute Gasteiger partial charge is 0.507 e. The SMILES string of the molecule is COc1ccc(CN2C(=O)C(=O)/C(=C(\O)c3ccc(C)cc3)C2c2ccc(Cl)cc2)cc1. The third kappa shape index (κ3) is 4.12. The summed E-state index contributed by atoms with van der Waals surface area (Å²) < 4.78 is 5.20. The first kappa shape index (κ1) is 21.7. The van der Waals surface area contributed by atoms with Gasteiger partial charge in [-0.15, -0.1) is 0 Å². The molecule has 1 aliphatic heterocycles. The van der Waals surface area contributed by atoms with Crippen molar-refractivity contribution in [3.63, 3.8) is 0 Å². The number of aliphatic hydroxyl groups is 1. The lowest BCUT2D eigenvalue weighted by Gasteiger charge is -2.25. The molecule has 1 saturated heterocycles. The fraction of sp³-hybridized carbons (Fsp3) is 0.154. The molecule has 0 bridgehead atoms. The highest BCUT2D eigenvalue weighted by Crippen LogP contribution is 2.40. The molecule has 1 unspecified atom stereocenters. The molecule has 0 aliphatic carbocycles. The van der Waals surface area contributed by atoms with Crippen LogP contribution in [0.25, 0.3) is 5.76 Å². The summed E-state index contributed by atoms with van der Waals surface area (Å²) in [5.41, 5.74) is 3.10. The van der Waals surface area contributed by atoms with E-state index < -0.39 is 17.7 Å². The molecule has 1 aliphatic rings. The number of aryl methyl sites for hydroxylation is 1. The highest BCUT2D eigenvalue weighted by atomic mass is 35.5. The summed E-state index contributed by atoms with van der Waals surface area (Å²) in [7, 11) is 1.58. The lowest BCUT2D eigenvalue weighted by atomic mass is 9.95. The molecule has 1 fully saturated rings. The Labute approximate surface area is 191 Å². The first-order valence-electron chi connectivity index (χ1n) is 10.1. The second-order valence-electron chi connectivity index (χ2n) is 7.69. The number of benzene rings is 3. The second kappa shape index (κ2) is 8.89. The van der Waals surface area contributed by atoms with E-state index in [-0.39, 0.29) is 17.9 Å². The predicted octanol–water partition coefficient (Wildman–Crippen LogP) is 5.28. The van der Waals surface area contributed by atoms with Crippen molar-refractivity contribution in [2.75, 3.05) is 7.11 Å². The van der Waals surface area contributed by atoms with E-state index in [4.69, 9.17) is 16.3 Å². The van der Waals surface area contributed by atoms with Crippen molar-refractivity contribution in [1.82, 2.24) is 4.90 Å². The van der Waals surface area contributed by atoms with Gasteiger partial charge in [0, 0.05) is 17.1 Å². The van der Waals surface area contributed by atoms with Gasteiger partial charge in [0.05, 0.1) is 18.7 Å². The van der Waals surface area contributed by atoms with Crippen molar-refractivity contribution in [2.24, 2.45) is 0 Å². The first-order chi connectivity index (χ1) is 15.4. The molecular weight excluding hydrogens is 426 g/mol. The molecule has 5 nitrogen and oxygen atoms in total. The highest BCUT2D eigenvalue weighted by molar-refractivity contribution is 6.46. The lowest BCUT2D eigenvalue weighted by Crippen LogP contribution is -2.29. The number of likely N-dealkylation sites (tertiary alicyclic amines) is 1. The average molecular weight is 448 g/mol. The first-order valence-corrected chi connectivity index (χ1v) is 10.5. The van der Waals surface area contributed by atoms with Gasteiger partial charge in [0.25, 0.3) is 11.7 Å².